The number of carbonyl (C=O) groups is 1. The van der Waals surface area contributed by atoms with Crippen molar-refractivity contribution in [1.82, 2.24) is 9.97 Å². The Labute approximate surface area is 153 Å². The van der Waals surface area contributed by atoms with Gasteiger partial charge in [0.05, 0.1) is 6.54 Å². The van der Waals surface area contributed by atoms with E-state index in [9.17, 15) is 9.90 Å². The minimum atomic E-state index is -1.59. The van der Waals surface area contributed by atoms with Crippen molar-refractivity contribution in [2.24, 2.45) is 5.92 Å². The Hall–Kier alpha value is -2.47. The van der Waals surface area contributed by atoms with Crippen LogP contribution in [0.2, 0.25) is 0 Å². The Morgan fingerprint density at radius 2 is 1.81 bits per heavy atom. The lowest BCUT2D eigenvalue weighted by molar-refractivity contribution is -0.175. The first-order valence-electron chi connectivity index (χ1n) is 9.17. The fourth-order valence-electron chi connectivity index (χ4n) is 3.54. The molecule has 2 aromatic rings. The van der Waals surface area contributed by atoms with Gasteiger partial charge < -0.3 is 15.2 Å². The molecule has 1 aromatic carbocycles. The molecule has 6 nitrogen and oxygen atoms in total. The summed E-state index contributed by atoms with van der Waals surface area (Å²) >= 11 is 0. The van der Waals surface area contributed by atoms with Crippen LogP contribution in [0.4, 0.5) is 5.95 Å². The number of nitrogens with zero attached hydrogens (tertiary/aromatic N) is 2. The molecule has 1 heterocycles. The molecule has 2 N–H and O–H groups in total. The SMILES string of the molecule is O=C(OCCNc1ncccn1)C(O)(c1ccccc1)C1CCCCC1. The number of hydrogen-bond acceptors (Lipinski definition) is 6. The number of nitrogens with one attached hydrogen (secondary N) is 1. The number of aliphatic hydroxyl groups is 1. The van der Waals surface area contributed by atoms with Crippen LogP contribution in [0.3, 0.4) is 0 Å². The molecule has 26 heavy (non-hydrogen) atoms. The molecule has 1 aromatic heterocycles. The number of rotatable bonds is 7. The molecule has 3 rings (SSSR count). The standard InChI is InChI=1S/C20H25N3O3/c24-18(26-15-14-23-19-21-12-7-13-22-19)20(25,16-8-3-1-4-9-16)17-10-5-2-6-11-17/h1,3-4,7-9,12-13,17,25H,2,5-6,10-11,14-15H2,(H,21,22,23). The van der Waals surface area contributed by atoms with E-state index in [4.69, 9.17) is 4.74 Å². The van der Waals surface area contributed by atoms with Gasteiger partial charge in [-0.05, 0) is 24.5 Å². The van der Waals surface area contributed by atoms with Gasteiger partial charge in [0.2, 0.25) is 5.95 Å². The number of aromatic nitrogens is 2. The maximum absolute atomic E-state index is 12.8. The highest BCUT2D eigenvalue weighted by atomic mass is 16.5. The van der Waals surface area contributed by atoms with E-state index in [2.05, 4.69) is 15.3 Å². The lowest BCUT2D eigenvalue weighted by Crippen LogP contribution is -2.45. The summed E-state index contributed by atoms with van der Waals surface area (Å²) in [4.78, 5) is 21.0. The van der Waals surface area contributed by atoms with E-state index in [0.29, 0.717) is 18.1 Å². The highest BCUT2D eigenvalue weighted by Crippen LogP contribution is 2.40. The van der Waals surface area contributed by atoms with E-state index in [0.717, 1.165) is 32.1 Å². The Bertz CT molecular complexity index is 690. The number of anilines is 1. The van der Waals surface area contributed by atoms with Crippen LogP contribution in [0.25, 0.3) is 0 Å². The van der Waals surface area contributed by atoms with Crippen LogP contribution in [-0.4, -0.2) is 34.2 Å². The third-order valence-corrected chi connectivity index (χ3v) is 4.91. The van der Waals surface area contributed by atoms with E-state index in [1.807, 2.05) is 18.2 Å². The average Bonchev–Trinajstić information content (AvgIpc) is 2.72. The second-order valence-electron chi connectivity index (χ2n) is 6.60. The van der Waals surface area contributed by atoms with E-state index in [1.165, 1.54) is 0 Å². The Kier molecular flexibility index (Phi) is 6.17. The quantitative estimate of drug-likeness (QED) is 0.587. The van der Waals surface area contributed by atoms with Crippen LogP contribution in [0, 0.1) is 5.92 Å². The monoisotopic (exact) mass is 355 g/mol. The molecule has 0 radical (unpaired) electrons. The molecule has 0 spiro atoms. The number of benzene rings is 1. The van der Waals surface area contributed by atoms with Gasteiger partial charge in [-0.15, -0.1) is 0 Å². The van der Waals surface area contributed by atoms with Crippen LogP contribution >= 0.6 is 0 Å². The third kappa shape index (κ3) is 4.19. The smallest absolute Gasteiger partial charge is 0.343 e. The van der Waals surface area contributed by atoms with Gasteiger partial charge in [-0.3, -0.25) is 0 Å². The van der Waals surface area contributed by atoms with Crippen molar-refractivity contribution >= 4 is 11.9 Å². The van der Waals surface area contributed by atoms with Crippen LogP contribution < -0.4 is 5.32 Å². The van der Waals surface area contributed by atoms with E-state index in [-0.39, 0.29) is 12.5 Å². The maximum Gasteiger partial charge on any atom is 0.343 e. The summed E-state index contributed by atoms with van der Waals surface area (Å²) < 4.78 is 5.43. The molecule has 1 atom stereocenters. The van der Waals surface area contributed by atoms with Crippen LogP contribution in [0.5, 0.6) is 0 Å². The lowest BCUT2D eigenvalue weighted by Gasteiger charge is -2.36. The summed E-state index contributed by atoms with van der Waals surface area (Å²) in [5, 5.41) is 14.4. The van der Waals surface area contributed by atoms with Gasteiger partial charge in [0.1, 0.15) is 6.61 Å². The fraction of sp³-hybridized carbons (Fsp3) is 0.450. The molecule has 1 unspecified atom stereocenters. The average molecular weight is 355 g/mol. The lowest BCUT2D eigenvalue weighted by atomic mass is 9.73. The summed E-state index contributed by atoms with van der Waals surface area (Å²) in [5.41, 5.74) is -0.985. The first-order valence-corrected chi connectivity index (χ1v) is 9.17. The van der Waals surface area contributed by atoms with Gasteiger partial charge in [-0.2, -0.15) is 0 Å². The molecular formula is C20H25N3O3. The molecule has 0 amide bonds. The predicted molar refractivity (Wildman–Crippen MR) is 98.4 cm³/mol. The Balaban J connectivity index is 1.65. The van der Waals surface area contributed by atoms with Gasteiger partial charge in [0, 0.05) is 18.3 Å². The second-order valence-corrected chi connectivity index (χ2v) is 6.60. The minimum absolute atomic E-state index is 0.114. The summed E-state index contributed by atoms with van der Waals surface area (Å²) in [6.07, 6.45) is 8.14. The van der Waals surface area contributed by atoms with Gasteiger partial charge in [-0.1, -0.05) is 49.6 Å². The molecule has 0 bridgehead atoms. The van der Waals surface area contributed by atoms with Crippen molar-refractivity contribution < 1.29 is 14.6 Å². The van der Waals surface area contributed by atoms with Gasteiger partial charge >= 0.3 is 5.97 Å². The van der Waals surface area contributed by atoms with Gasteiger partial charge in [-0.25, -0.2) is 14.8 Å². The maximum atomic E-state index is 12.8. The zero-order chi connectivity index (χ0) is 18.2. The molecule has 1 aliphatic rings. The van der Waals surface area contributed by atoms with Crippen molar-refractivity contribution in [2.75, 3.05) is 18.5 Å². The zero-order valence-electron chi connectivity index (χ0n) is 14.8. The van der Waals surface area contributed by atoms with Crippen LogP contribution in [-0.2, 0) is 15.1 Å². The molecular weight excluding hydrogens is 330 g/mol. The molecule has 1 saturated carbocycles. The van der Waals surface area contributed by atoms with Gasteiger partial charge in [0.25, 0.3) is 0 Å². The highest BCUT2D eigenvalue weighted by Gasteiger charge is 2.46. The largest absolute Gasteiger partial charge is 0.461 e. The van der Waals surface area contributed by atoms with Crippen LogP contribution in [0.1, 0.15) is 37.7 Å². The topological polar surface area (TPSA) is 84.3 Å². The number of carbonyl (C=O) groups excluding carboxylic acids is 1. The highest BCUT2D eigenvalue weighted by molar-refractivity contribution is 5.81. The summed E-state index contributed by atoms with van der Waals surface area (Å²) in [7, 11) is 0. The molecule has 0 saturated heterocycles. The summed E-state index contributed by atoms with van der Waals surface area (Å²) in [6, 6.07) is 10.9. The van der Waals surface area contributed by atoms with Crippen molar-refractivity contribution in [3.8, 4) is 0 Å². The van der Waals surface area contributed by atoms with Crippen LogP contribution in [0.15, 0.2) is 48.8 Å². The molecule has 1 fully saturated rings. The summed E-state index contributed by atoms with van der Waals surface area (Å²) in [6.45, 7) is 0.518. The minimum Gasteiger partial charge on any atom is -0.461 e. The number of ether oxygens (including phenoxy) is 1. The van der Waals surface area contributed by atoms with Crippen molar-refractivity contribution in [3.05, 3.63) is 54.4 Å². The zero-order valence-corrected chi connectivity index (χ0v) is 14.8. The van der Waals surface area contributed by atoms with E-state index >= 15 is 0 Å². The van der Waals surface area contributed by atoms with Crippen molar-refractivity contribution in [1.29, 1.82) is 0 Å². The Morgan fingerprint density at radius 3 is 2.50 bits per heavy atom. The number of esters is 1. The fourth-order valence-corrected chi connectivity index (χ4v) is 3.54. The second kappa shape index (κ2) is 8.76. The predicted octanol–water partition coefficient (Wildman–Crippen LogP) is 2.90. The van der Waals surface area contributed by atoms with Crippen molar-refractivity contribution in [3.63, 3.8) is 0 Å². The molecule has 6 heteroatoms. The van der Waals surface area contributed by atoms with E-state index < -0.39 is 11.6 Å². The van der Waals surface area contributed by atoms with Crippen molar-refractivity contribution in [2.45, 2.75) is 37.7 Å². The molecule has 0 aliphatic heterocycles. The van der Waals surface area contributed by atoms with E-state index in [1.54, 1.807) is 30.6 Å². The van der Waals surface area contributed by atoms with Gasteiger partial charge in [0.15, 0.2) is 5.60 Å². The summed E-state index contributed by atoms with van der Waals surface area (Å²) in [5.74, 6) is -0.211. The normalized spacial score (nSPS) is 17.3. The molecule has 1 aliphatic carbocycles. The number of hydrogen-bond donors (Lipinski definition) is 2. The molecule has 138 valence electrons. The first-order chi connectivity index (χ1) is 12.7. The Morgan fingerprint density at radius 1 is 1.12 bits per heavy atom. The third-order valence-electron chi connectivity index (χ3n) is 4.91. The first kappa shape index (κ1) is 18.3.